The Kier molecular flexibility index (Phi) is 7.30. The van der Waals surface area contributed by atoms with Crippen molar-refractivity contribution >= 4 is 23.6 Å². The van der Waals surface area contributed by atoms with Crippen molar-refractivity contribution in [3.05, 3.63) is 46.2 Å². The first kappa shape index (κ1) is 20.8. The Morgan fingerprint density at radius 2 is 1.89 bits per heavy atom. The van der Waals surface area contributed by atoms with Gasteiger partial charge in [-0.2, -0.15) is 5.10 Å². The molecule has 6 nitrogen and oxygen atoms in total. The molecule has 1 amide bonds. The Hall–Kier alpha value is -2.47. The Balaban J connectivity index is 2.03. The zero-order valence-corrected chi connectivity index (χ0v) is 17.1. The summed E-state index contributed by atoms with van der Waals surface area (Å²) in [5.41, 5.74) is 2.43. The first-order valence-corrected chi connectivity index (χ1v) is 9.12. The van der Waals surface area contributed by atoms with Gasteiger partial charge in [0.1, 0.15) is 16.7 Å². The van der Waals surface area contributed by atoms with Crippen LogP contribution in [0.15, 0.2) is 24.3 Å². The van der Waals surface area contributed by atoms with Gasteiger partial charge in [0.05, 0.1) is 19.9 Å². The fraction of sp³-hybridized carbons (Fsp3) is 0.400. The summed E-state index contributed by atoms with van der Waals surface area (Å²) in [5.74, 6) is 1.56. The van der Waals surface area contributed by atoms with Crippen molar-refractivity contribution in [1.82, 2.24) is 15.1 Å². The second kappa shape index (κ2) is 9.46. The fourth-order valence-corrected chi connectivity index (χ4v) is 2.91. The van der Waals surface area contributed by atoms with Gasteiger partial charge in [0.2, 0.25) is 5.91 Å². The van der Waals surface area contributed by atoms with Gasteiger partial charge in [0.25, 0.3) is 0 Å². The standard InChI is InChI=1S/C20H26ClN3O3/c1-13(2)12-24-20(21)18(14(3)23-24)6-7-19(25)22-11-15-8-16(26-4)10-17(9-15)27-5/h6-10,13H,11-12H2,1-5H3,(H,22,25)/b7-6+. The zero-order chi connectivity index (χ0) is 20.0. The number of benzene rings is 1. The van der Waals surface area contributed by atoms with Crippen LogP contribution >= 0.6 is 11.6 Å². The third kappa shape index (κ3) is 5.76. The number of aryl methyl sites for hydroxylation is 1. The molecule has 27 heavy (non-hydrogen) atoms. The maximum atomic E-state index is 12.2. The van der Waals surface area contributed by atoms with E-state index in [-0.39, 0.29) is 5.91 Å². The highest BCUT2D eigenvalue weighted by Crippen LogP contribution is 2.23. The molecule has 0 aliphatic heterocycles. The van der Waals surface area contributed by atoms with Crippen molar-refractivity contribution in [2.45, 2.75) is 33.9 Å². The van der Waals surface area contributed by atoms with Gasteiger partial charge in [-0.15, -0.1) is 0 Å². The molecule has 1 N–H and O–H groups in total. The van der Waals surface area contributed by atoms with Crippen LogP contribution in [0.4, 0.5) is 0 Å². The number of nitrogens with one attached hydrogen (secondary N) is 1. The maximum Gasteiger partial charge on any atom is 0.244 e. The molecule has 0 aliphatic carbocycles. The molecule has 1 aromatic heterocycles. The van der Waals surface area contributed by atoms with E-state index in [0.717, 1.165) is 23.4 Å². The van der Waals surface area contributed by atoms with Crippen LogP contribution in [0.25, 0.3) is 6.08 Å². The number of aromatic nitrogens is 2. The number of amides is 1. The molecule has 1 aromatic carbocycles. The van der Waals surface area contributed by atoms with Gasteiger partial charge in [0, 0.05) is 30.8 Å². The lowest BCUT2D eigenvalue weighted by Gasteiger charge is -2.08. The number of hydrogen-bond acceptors (Lipinski definition) is 4. The van der Waals surface area contributed by atoms with Crippen LogP contribution in [0.2, 0.25) is 5.15 Å². The highest BCUT2D eigenvalue weighted by molar-refractivity contribution is 6.31. The first-order chi connectivity index (χ1) is 12.8. The van der Waals surface area contributed by atoms with E-state index in [0.29, 0.717) is 29.1 Å². The van der Waals surface area contributed by atoms with Crippen molar-refractivity contribution in [3.8, 4) is 11.5 Å². The van der Waals surface area contributed by atoms with Crippen LogP contribution in [0.5, 0.6) is 11.5 Å². The molecule has 0 unspecified atom stereocenters. The topological polar surface area (TPSA) is 65.4 Å². The van der Waals surface area contributed by atoms with E-state index in [1.165, 1.54) is 6.08 Å². The number of ether oxygens (including phenoxy) is 2. The molecule has 146 valence electrons. The Morgan fingerprint density at radius 3 is 2.44 bits per heavy atom. The number of hydrogen-bond donors (Lipinski definition) is 1. The number of carbonyl (C=O) groups is 1. The number of carbonyl (C=O) groups excluding carboxylic acids is 1. The molecule has 1 heterocycles. The van der Waals surface area contributed by atoms with Crippen LogP contribution in [0.3, 0.4) is 0 Å². The minimum atomic E-state index is -0.219. The summed E-state index contributed by atoms with van der Waals surface area (Å²) >= 11 is 6.39. The third-order valence-electron chi connectivity index (χ3n) is 3.93. The summed E-state index contributed by atoms with van der Waals surface area (Å²) in [4.78, 5) is 12.2. The largest absolute Gasteiger partial charge is 0.497 e. The minimum Gasteiger partial charge on any atom is -0.497 e. The average Bonchev–Trinajstić information content (AvgIpc) is 2.90. The van der Waals surface area contributed by atoms with Gasteiger partial charge in [-0.3, -0.25) is 9.48 Å². The number of rotatable bonds is 8. The molecule has 7 heteroatoms. The second-order valence-corrected chi connectivity index (χ2v) is 7.00. The third-order valence-corrected chi connectivity index (χ3v) is 4.33. The zero-order valence-electron chi connectivity index (χ0n) is 16.4. The van der Waals surface area contributed by atoms with Gasteiger partial charge in [-0.25, -0.2) is 0 Å². The van der Waals surface area contributed by atoms with Crippen LogP contribution in [-0.2, 0) is 17.9 Å². The molecule has 2 aromatic rings. The van der Waals surface area contributed by atoms with Gasteiger partial charge in [-0.05, 0) is 36.6 Å². The lowest BCUT2D eigenvalue weighted by Crippen LogP contribution is -2.20. The van der Waals surface area contributed by atoms with Crippen LogP contribution in [0, 0.1) is 12.8 Å². The van der Waals surface area contributed by atoms with Gasteiger partial charge >= 0.3 is 0 Å². The Morgan fingerprint density at radius 1 is 1.26 bits per heavy atom. The predicted octanol–water partition coefficient (Wildman–Crippen LogP) is 3.85. The molecule has 0 fully saturated rings. The first-order valence-electron chi connectivity index (χ1n) is 8.74. The Labute approximate surface area is 165 Å². The molecular formula is C20H26ClN3O3. The SMILES string of the molecule is COc1cc(CNC(=O)/C=C/c2c(C)nn(CC(C)C)c2Cl)cc(OC)c1. The van der Waals surface area contributed by atoms with Crippen molar-refractivity contribution in [2.75, 3.05) is 14.2 Å². The summed E-state index contributed by atoms with van der Waals surface area (Å²) in [6.45, 7) is 7.17. The molecule has 2 rings (SSSR count). The lowest BCUT2D eigenvalue weighted by atomic mass is 10.2. The van der Waals surface area contributed by atoms with Gasteiger partial charge in [-0.1, -0.05) is 25.4 Å². The molecular weight excluding hydrogens is 366 g/mol. The van der Waals surface area contributed by atoms with Crippen molar-refractivity contribution in [1.29, 1.82) is 0 Å². The highest BCUT2D eigenvalue weighted by Gasteiger charge is 2.12. The summed E-state index contributed by atoms with van der Waals surface area (Å²) in [7, 11) is 3.18. The van der Waals surface area contributed by atoms with Crippen molar-refractivity contribution in [3.63, 3.8) is 0 Å². The molecule has 0 bridgehead atoms. The second-order valence-electron chi connectivity index (χ2n) is 6.64. The summed E-state index contributed by atoms with van der Waals surface area (Å²) in [6, 6.07) is 5.48. The van der Waals surface area contributed by atoms with E-state index in [1.54, 1.807) is 31.0 Å². The average molecular weight is 392 g/mol. The van der Waals surface area contributed by atoms with Gasteiger partial charge < -0.3 is 14.8 Å². The molecule has 0 spiro atoms. The number of nitrogens with zero attached hydrogens (tertiary/aromatic N) is 2. The molecule has 0 radical (unpaired) electrons. The summed E-state index contributed by atoms with van der Waals surface area (Å²) in [6.07, 6.45) is 3.16. The summed E-state index contributed by atoms with van der Waals surface area (Å²) < 4.78 is 12.2. The number of halogens is 1. The van der Waals surface area contributed by atoms with Crippen LogP contribution in [-0.4, -0.2) is 29.9 Å². The summed E-state index contributed by atoms with van der Waals surface area (Å²) in [5, 5.41) is 7.82. The Bertz CT molecular complexity index is 806. The maximum absolute atomic E-state index is 12.2. The molecule has 0 atom stereocenters. The van der Waals surface area contributed by atoms with Crippen LogP contribution < -0.4 is 14.8 Å². The van der Waals surface area contributed by atoms with Crippen molar-refractivity contribution < 1.29 is 14.3 Å². The molecule has 0 saturated carbocycles. The van der Waals surface area contributed by atoms with Gasteiger partial charge in [0.15, 0.2) is 0 Å². The quantitative estimate of drug-likeness (QED) is 0.694. The van der Waals surface area contributed by atoms with E-state index in [4.69, 9.17) is 21.1 Å². The monoisotopic (exact) mass is 391 g/mol. The van der Waals surface area contributed by atoms with E-state index >= 15 is 0 Å². The van der Waals surface area contributed by atoms with E-state index < -0.39 is 0 Å². The smallest absolute Gasteiger partial charge is 0.244 e. The fourth-order valence-electron chi connectivity index (χ4n) is 2.60. The molecule has 0 aliphatic rings. The normalized spacial score (nSPS) is 11.2. The number of methoxy groups -OCH3 is 2. The predicted molar refractivity (Wildman–Crippen MR) is 107 cm³/mol. The van der Waals surface area contributed by atoms with Crippen LogP contribution in [0.1, 0.15) is 30.7 Å². The highest BCUT2D eigenvalue weighted by atomic mass is 35.5. The lowest BCUT2D eigenvalue weighted by molar-refractivity contribution is -0.116. The molecule has 0 saturated heterocycles. The van der Waals surface area contributed by atoms with E-state index in [1.807, 2.05) is 19.1 Å². The van der Waals surface area contributed by atoms with E-state index in [2.05, 4.69) is 24.3 Å². The van der Waals surface area contributed by atoms with Crippen molar-refractivity contribution in [2.24, 2.45) is 5.92 Å². The minimum absolute atomic E-state index is 0.219. The van der Waals surface area contributed by atoms with E-state index in [9.17, 15) is 4.79 Å².